The smallest absolute Gasteiger partial charge is 0.139 e. The molecule has 0 unspecified atom stereocenters. The topological polar surface area (TPSA) is 41.1 Å². The molecule has 2 aromatic rings. The molecule has 0 radical (unpaired) electrons. The maximum absolute atomic E-state index is 4.81. The highest BCUT2D eigenvalue weighted by Crippen LogP contribution is 2.28. The second-order valence-corrected chi connectivity index (χ2v) is 5.34. The van der Waals surface area contributed by atoms with Gasteiger partial charge in [0.15, 0.2) is 0 Å². The summed E-state index contributed by atoms with van der Waals surface area (Å²) < 4.78 is 0. The Balaban J connectivity index is 2.10. The van der Waals surface area contributed by atoms with Gasteiger partial charge in [0.25, 0.3) is 0 Å². The lowest BCUT2D eigenvalue weighted by Crippen LogP contribution is -2.28. The van der Waals surface area contributed by atoms with E-state index in [1.165, 1.54) is 0 Å². The van der Waals surface area contributed by atoms with Crippen molar-refractivity contribution in [2.75, 3.05) is 32.1 Å². The van der Waals surface area contributed by atoms with Crippen LogP contribution >= 0.6 is 0 Å². The van der Waals surface area contributed by atoms with Gasteiger partial charge in [-0.1, -0.05) is 12.1 Å². The number of para-hydroxylation sites is 1. The van der Waals surface area contributed by atoms with Crippen molar-refractivity contribution < 1.29 is 0 Å². The van der Waals surface area contributed by atoms with E-state index in [4.69, 9.17) is 9.97 Å². The molecular formula is C15H20N4. The lowest BCUT2D eigenvalue weighted by atomic mass is 9.97. The minimum Gasteiger partial charge on any atom is -0.362 e. The van der Waals surface area contributed by atoms with E-state index in [2.05, 4.69) is 22.3 Å². The van der Waals surface area contributed by atoms with Gasteiger partial charge >= 0.3 is 0 Å². The zero-order valence-corrected chi connectivity index (χ0v) is 11.6. The van der Waals surface area contributed by atoms with Crippen LogP contribution in [0.25, 0.3) is 10.9 Å². The highest BCUT2D eigenvalue weighted by atomic mass is 15.2. The molecule has 3 rings (SSSR count). The van der Waals surface area contributed by atoms with Crippen molar-refractivity contribution in [3.05, 3.63) is 30.1 Å². The highest BCUT2D eigenvalue weighted by Gasteiger charge is 2.20. The molecule has 0 bridgehead atoms. The molecule has 0 aliphatic carbocycles. The van der Waals surface area contributed by atoms with Gasteiger partial charge in [-0.2, -0.15) is 0 Å². The minimum atomic E-state index is 0.490. The fraction of sp³-hybridized carbons (Fsp3) is 0.467. The van der Waals surface area contributed by atoms with Crippen LogP contribution in [0, 0.1) is 0 Å². The molecule has 4 nitrogen and oxygen atoms in total. The Labute approximate surface area is 113 Å². The first kappa shape index (κ1) is 12.4. The van der Waals surface area contributed by atoms with E-state index < -0.39 is 0 Å². The third-order valence-corrected chi connectivity index (χ3v) is 3.73. The Bertz CT molecular complexity index is 573. The molecule has 1 aromatic heterocycles. The van der Waals surface area contributed by atoms with Crippen LogP contribution in [0.5, 0.6) is 0 Å². The molecule has 1 fully saturated rings. The first-order valence-corrected chi connectivity index (χ1v) is 6.90. The molecule has 1 aromatic carbocycles. The van der Waals surface area contributed by atoms with Crippen LogP contribution in [0.3, 0.4) is 0 Å². The Morgan fingerprint density at radius 3 is 2.58 bits per heavy atom. The number of hydrogen-bond acceptors (Lipinski definition) is 4. The molecular weight excluding hydrogens is 236 g/mol. The molecule has 0 saturated carbocycles. The van der Waals surface area contributed by atoms with Gasteiger partial charge in [0.2, 0.25) is 0 Å². The molecule has 0 spiro atoms. The van der Waals surface area contributed by atoms with E-state index >= 15 is 0 Å². The predicted molar refractivity (Wildman–Crippen MR) is 78.7 cm³/mol. The Kier molecular flexibility index (Phi) is 3.34. The third kappa shape index (κ3) is 2.40. The molecule has 4 heteroatoms. The summed E-state index contributed by atoms with van der Waals surface area (Å²) in [5.74, 6) is 2.52. The third-order valence-electron chi connectivity index (χ3n) is 3.73. The van der Waals surface area contributed by atoms with Crippen molar-refractivity contribution in [2.24, 2.45) is 0 Å². The predicted octanol–water partition coefficient (Wildman–Crippen LogP) is 2.16. The molecule has 19 heavy (non-hydrogen) atoms. The molecule has 1 aliphatic heterocycles. The SMILES string of the molecule is CN(C)c1nc(C2CCNCC2)nc2ccccc12. The summed E-state index contributed by atoms with van der Waals surface area (Å²) in [7, 11) is 4.09. The zero-order chi connectivity index (χ0) is 13.2. The summed E-state index contributed by atoms with van der Waals surface area (Å²) in [6.07, 6.45) is 2.26. The first-order valence-electron chi connectivity index (χ1n) is 6.90. The second-order valence-electron chi connectivity index (χ2n) is 5.34. The number of anilines is 1. The van der Waals surface area contributed by atoms with E-state index in [0.717, 1.165) is 48.5 Å². The van der Waals surface area contributed by atoms with Crippen molar-refractivity contribution in [3.8, 4) is 0 Å². The van der Waals surface area contributed by atoms with Gasteiger partial charge < -0.3 is 10.2 Å². The molecule has 1 aliphatic rings. The highest BCUT2D eigenvalue weighted by molar-refractivity contribution is 5.89. The van der Waals surface area contributed by atoms with Crippen LogP contribution in [0.1, 0.15) is 24.6 Å². The molecule has 0 atom stereocenters. The van der Waals surface area contributed by atoms with E-state index in [0.29, 0.717) is 5.92 Å². The molecule has 0 amide bonds. The summed E-state index contributed by atoms with van der Waals surface area (Å²) in [4.78, 5) is 11.7. The lowest BCUT2D eigenvalue weighted by molar-refractivity contribution is 0.446. The van der Waals surface area contributed by atoms with Crippen LogP contribution < -0.4 is 10.2 Å². The van der Waals surface area contributed by atoms with Gasteiger partial charge in [0, 0.05) is 25.4 Å². The van der Waals surface area contributed by atoms with Gasteiger partial charge in [-0.05, 0) is 38.1 Å². The summed E-state index contributed by atoms with van der Waals surface area (Å²) in [6, 6.07) is 8.26. The quantitative estimate of drug-likeness (QED) is 0.894. The first-order chi connectivity index (χ1) is 9.25. The maximum atomic E-state index is 4.81. The monoisotopic (exact) mass is 256 g/mol. The van der Waals surface area contributed by atoms with E-state index in [-0.39, 0.29) is 0 Å². The van der Waals surface area contributed by atoms with E-state index in [1.807, 2.05) is 26.2 Å². The zero-order valence-electron chi connectivity index (χ0n) is 11.6. The largest absolute Gasteiger partial charge is 0.362 e. The number of aromatic nitrogens is 2. The van der Waals surface area contributed by atoms with E-state index in [9.17, 15) is 0 Å². The van der Waals surface area contributed by atoms with Gasteiger partial charge in [-0.15, -0.1) is 0 Å². The number of fused-ring (bicyclic) bond motifs is 1. The van der Waals surface area contributed by atoms with Crippen LogP contribution in [-0.2, 0) is 0 Å². The van der Waals surface area contributed by atoms with Gasteiger partial charge in [-0.25, -0.2) is 9.97 Å². The average Bonchev–Trinajstić information content (AvgIpc) is 2.47. The average molecular weight is 256 g/mol. The summed E-state index contributed by atoms with van der Waals surface area (Å²) in [5.41, 5.74) is 1.05. The van der Waals surface area contributed by atoms with Crippen LogP contribution in [-0.4, -0.2) is 37.2 Å². The lowest BCUT2D eigenvalue weighted by Gasteiger charge is -2.23. The van der Waals surface area contributed by atoms with E-state index in [1.54, 1.807) is 0 Å². The molecule has 2 heterocycles. The van der Waals surface area contributed by atoms with Crippen LogP contribution in [0.4, 0.5) is 5.82 Å². The number of hydrogen-bond donors (Lipinski definition) is 1. The number of nitrogens with zero attached hydrogens (tertiary/aromatic N) is 3. The fourth-order valence-electron chi connectivity index (χ4n) is 2.68. The Hall–Kier alpha value is -1.68. The second kappa shape index (κ2) is 5.13. The van der Waals surface area contributed by atoms with Crippen molar-refractivity contribution >= 4 is 16.7 Å². The minimum absolute atomic E-state index is 0.490. The molecule has 1 saturated heterocycles. The summed E-state index contributed by atoms with van der Waals surface area (Å²) in [5, 5.41) is 4.52. The van der Waals surface area contributed by atoms with Gasteiger partial charge in [-0.3, -0.25) is 0 Å². The van der Waals surface area contributed by atoms with Crippen LogP contribution in [0.15, 0.2) is 24.3 Å². The van der Waals surface area contributed by atoms with Gasteiger partial charge in [0.05, 0.1) is 5.52 Å². The summed E-state index contributed by atoms with van der Waals surface area (Å²) in [6.45, 7) is 2.14. The van der Waals surface area contributed by atoms with Crippen molar-refractivity contribution in [1.29, 1.82) is 0 Å². The number of rotatable bonds is 2. The number of piperidine rings is 1. The number of nitrogens with one attached hydrogen (secondary N) is 1. The van der Waals surface area contributed by atoms with Crippen molar-refractivity contribution in [1.82, 2.24) is 15.3 Å². The summed E-state index contributed by atoms with van der Waals surface area (Å²) >= 11 is 0. The van der Waals surface area contributed by atoms with Crippen molar-refractivity contribution in [2.45, 2.75) is 18.8 Å². The Morgan fingerprint density at radius 2 is 1.84 bits per heavy atom. The van der Waals surface area contributed by atoms with Crippen molar-refractivity contribution in [3.63, 3.8) is 0 Å². The maximum Gasteiger partial charge on any atom is 0.139 e. The molecule has 1 N–H and O–H groups in total. The normalized spacial score (nSPS) is 16.7. The fourth-order valence-corrected chi connectivity index (χ4v) is 2.68. The van der Waals surface area contributed by atoms with Gasteiger partial charge in [0.1, 0.15) is 11.6 Å². The standard InChI is InChI=1S/C15H20N4/c1-19(2)15-12-5-3-4-6-13(12)17-14(18-15)11-7-9-16-10-8-11/h3-6,11,16H,7-10H2,1-2H3. The number of benzene rings is 1. The van der Waals surface area contributed by atoms with Crippen LogP contribution in [0.2, 0.25) is 0 Å². The Morgan fingerprint density at radius 1 is 1.11 bits per heavy atom. The molecule has 100 valence electrons.